The van der Waals surface area contributed by atoms with Gasteiger partial charge in [0, 0.05) is 18.1 Å². The third-order valence-electron chi connectivity index (χ3n) is 4.33. The predicted octanol–water partition coefficient (Wildman–Crippen LogP) is 4.72. The zero-order valence-corrected chi connectivity index (χ0v) is 13.0. The molecule has 0 bridgehead atoms. The van der Waals surface area contributed by atoms with E-state index in [4.69, 9.17) is 11.6 Å². The lowest BCUT2D eigenvalue weighted by Crippen LogP contribution is -2.34. The van der Waals surface area contributed by atoms with E-state index in [1.807, 2.05) is 12.1 Å². The van der Waals surface area contributed by atoms with Gasteiger partial charge in [0.05, 0.1) is 0 Å². The second-order valence-electron chi connectivity index (χ2n) is 5.57. The van der Waals surface area contributed by atoms with Crippen molar-refractivity contribution in [2.45, 2.75) is 26.7 Å². The normalized spacial score (nSPS) is 20.7. The van der Waals surface area contributed by atoms with Crippen LogP contribution in [0.2, 0.25) is 5.02 Å². The molecule has 0 spiro atoms. The number of benzene rings is 1. The van der Waals surface area contributed by atoms with E-state index in [2.05, 4.69) is 44.0 Å². The summed E-state index contributed by atoms with van der Waals surface area (Å²) in [6.45, 7) is 6.83. The maximum Gasteiger partial charge on any atom is 0.0406 e. The summed E-state index contributed by atoms with van der Waals surface area (Å²) in [5.41, 5.74) is 2.86. The van der Waals surface area contributed by atoms with Crippen LogP contribution in [0.15, 0.2) is 30.3 Å². The molecule has 19 heavy (non-hydrogen) atoms. The van der Waals surface area contributed by atoms with Crippen LogP contribution in [0.3, 0.4) is 0 Å². The molecule has 1 aliphatic heterocycles. The Kier molecular flexibility index (Phi) is 5.06. The molecule has 2 rings (SSSR count). The minimum atomic E-state index is 0.648. The first-order chi connectivity index (χ1) is 9.15. The van der Waals surface area contributed by atoms with E-state index in [-0.39, 0.29) is 0 Å². The van der Waals surface area contributed by atoms with Crippen molar-refractivity contribution in [3.63, 3.8) is 0 Å². The van der Waals surface area contributed by atoms with Crippen LogP contribution in [0.25, 0.3) is 5.57 Å². The summed E-state index contributed by atoms with van der Waals surface area (Å²) in [4.78, 5) is 2.42. The largest absolute Gasteiger partial charge is 0.302 e. The Morgan fingerprint density at radius 2 is 1.84 bits per heavy atom. The summed E-state index contributed by atoms with van der Waals surface area (Å²) < 4.78 is 0. The second kappa shape index (κ2) is 6.58. The van der Waals surface area contributed by atoms with Crippen LogP contribution in [0.5, 0.6) is 0 Å². The molecule has 1 unspecified atom stereocenters. The number of rotatable bonds is 4. The minimum absolute atomic E-state index is 0.648. The van der Waals surface area contributed by atoms with Crippen molar-refractivity contribution in [2.75, 3.05) is 20.1 Å². The smallest absolute Gasteiger partial charge is 0.0406 e. The van der Waals surface area contributed by atoms with Crippen molar-refractivity contribution in [3.8, 4) is 0 Å². The Bertz CT molecular complexity index is 431. The fourth-order valence-electron chi connectivity index (χ4n) is 3.15. The molecule has 0 saturated carbocycles. The lowest BCUT2D eigenvalue weighted by molar-refractivity contribution is 0.255. The molecule has 0 fully saturated rings. The van der Waals surface area contributed by atoms with Crippen LogP contribution in [0.1, 0.15) is 32.3 Å². The number of nitrogens with zero attached hydrogens (tertiary/aromatic N) is 1. The van der Waals surface area contributed by atoms with Gasteiger partial charge in [-0.05, 0) is 42.2 Å². The number of hydrogen-bond donors (Lipinski definition) is 0. The van der Waals surface area contributed by atoms with Gasteiger partial charge in [0.15, 0.2) is 0 Å². The molecule has 1 aromatic rings. The molecule has 1 atom stereocenters. The third-order valence-corrected chi connectivity index (χ3v) is 4.58. The van der Waals surface area contributed by atoms with Gasteiger partial charge >= 0.3 is 0 Å². The number of halogens is 1. The Morgan fingerprint density at radius 1 is 1.21 bits per heavy atom. The van der Waals surface area contributed by atoms with Crippen molar-refractivity contribution in [1.82, 2.24) is 4.90 Å². The first-order valence-corrected chi connectivity index (χ1v) is 7.68. The summed E-state index contributed by atoms with van der Waals surface area (Å²) >= 11 is 6.00. The molecule has 1 heterocycles. The predicted molar refractivity (Wildman–Crippen MR) is 84.5 cm³/mol. The molecule has 0 amide bonds. The average Bonchev–Trinajstić information content (AvgIpc) is 2.42. The van der Waals surface area contributed by atoms with E-state index in [1.54, 1.807) is 0 Å². The molecule has 0 aliphatic carbocycles. The molecule has 0 N–H and O–H groups in total. The first-order valence-electron chi connectivity index (χ1n) is 7.30. The molecule has 1 aromatic carbocycles. The SMILES string of the molecule is CCC(CC)C1CN(C)CC=C1c1ccc(Cl)cc1. The van der Waals surface area contributed by atoms with E-state index in [0.29, 0.717) is 5.92 Å². The van der Waals surface area contributed by atoms with Crippen molar-refractivity contribution in [3.05, 3.63) is 40.9 Å². The van der Waals surface area contributed by atoms with Gasteiger partial charge in [0.25, 0.3) is 0 Å². The van der Waals surface area contributed by atoms with Gasteiger partial charge in [-0.1, -0.05) is 56.5 Å². The van der Waals surface area contributed by atoms with Crippen LogP contribution in [0, 0.1) is 11.8 Å². The highest BCUT2D eigenvalue weighted by Crippen LogP contribution is 2.36. The fourth-order valence-corrected chi connectivity index (χ4v) is 3.28. The molecule has 0 saturated heterocycles. The van der Waals surface area contributed by atoms with Gasteiger partial charge in [0.1, 0.15) is 0 Å². The van der Waals surface area contributed by atoms with Crippen LogP contribution >= 0.6 is 11.6 Å². The molecule has 0 radical (unpaired) electrons. The van der Waals surface area contributed by atoms with Crippen LogP contribution in [-0.2, 0) is 0 Å². The monoisotopic (exact) mass is 277 g/mol. The maximum atomic E-state index is 6.00. The summed E-state index contributed by atoms with van der Waals surface area (Å²) in [6.07, 6.45) is 4.90. The Hall–Kier alpha value is -0.790. The zero-order valence-electron chi connectivity index (χ0n) is 12.2. The lowest BCUT2D eigenvalue weighted by atomic mass is 9.78. The van der Waals surface area contributed by atoms with Gasteiger partial charge in [-0.15, -0.1) is 0 Å². The quantitative estimate of drug-likeness (QED) is 0.770. The second-order valence-corrected chi connectivity index (χ2v) is 6.01. The van der Waals surface area contributed by atoms with Crippen molar-refractivity contribution in [2.24, 2.45) is 11.8 Å². The standard InChI is InChI=1S/C17H24ClN/c1-4-13(5-2)17-12-19(3)11-10-16(17)14-6-8-15(18)9-7-14/h6-10,13,17H,4-5,11-12H2,1-3H3. The Labute approximate surface area is 122 Å². The average molecular weight is 278 g/mol. The maximum absolute atomic E-state index is 6.00. The highest BCUT2D eigenvalue weighted by molar-refractivity contribution is 6.30. The van der Waals surface area contributed by atoms with E-state index >= 15 is 0 Å². The van der Waals surface area contributed by atoms with E-state index in [1.165, 1.54) is 30.5 Å². The zero-order chi connectivity index (χ0) is 13.8. The van der Waals surface area contributed by atoms with Crippen LogP contribution in [-0.4, -0.2) is 25.0 Å². The van der Waals surface area contributed by atoms with Gasteiger partial charge in [0.2, 0.25) is 0 Å². The molecule has 1 nitrogen and oxygen atoms in total. The van der Waals surface area contributed by atoms with E-state index in [9.17, 15) is 0 Å². The Balaban J connectivity index is 2.31. The number of hydrogen-bond acceptors (Lipinski definition) is 1. The van der Waals surface area contributed by atoms with Gasteiger partial charge < -0.3 is 4.90 Å². The first kappa shape index (κ1) is 14.6. The summed E-state index contributed by atoms with van der Waals surface area (Å²) in [5, 5.41) is 0.816. The van der Waals surface area contributed by atoms with Crippen LogP contribution < -0.4 is 0 Å². The fraction of sp³-hybridized carbons (Fsp3) is 0.529. The van der Waals surface area contributed by atoms with Gasteiger partial charge in [-0.25, -0.2) is 0 Å². The molecular weight excluding hydrogens is 254 g/mol. The highest BCUT2D eigenvalue weighted by Gasteiger charge is 2.27. The highest BCUT2D eigenvalue weighted by atomic mass is 35.5. The van der Waals surface area contributed by atoms with Gasteiger partial charge in [-0.3, -0.25) is 0 Å². The van der Waals surface area contributed by atoms with Crippen molar-refractivity contribution < 1.29 is 0 Å². The van der Waals surface area contributed by atoms with Crippen molar-refractivity contribution >= 4 is 17.2 Å². The minimum Gasteiger partial charge on any atom is -0.302 e. The molecule has 104 valence electrons. The van der Waals surface area contributed by atoms with E-state index < -0.39 is 0 Å². The molecule has 0 aromatic heterocycles. The van der Waals surface area contributed by atoms with Gasteiger partial charge in [-0.2, -0.15) is 0 Å². The molecule has 2 heteroatoms. The summed E-state index contributed by atoms with van der Waals surface area (Å²) in [5.74, 6) is 1.42. The number of likely N-dealkylation sites (N-methyl/N-ethyl adjacent to an activating group) is 1. The summed E-state index contributed by atoms with van der Waals surface area (Å²) in [6, 6.07) is 8.32. The Morgan fingerprint density at radius 3 is 2.42 bits per heavy atom. The summed E-state index contributed by atoms with van der Waals surface area (Å²) in [7, 11) is 2.21. The van der Waals surface area contributed by atoms with Crippen LogP contribution in [0.4, 0.5) is 0 Å². The van der Waals surface area contributed by atoms with Crippen molar-refractivity contribution in [1.29, 1.82) is 0 Å². The topological polar surface area (TPSA) is 3.24 Å². The third kappa shape index (κ3) is 3.40. The van der Waals surface area contributed by atoms with E-state index in [0.717, 1.165) is 17.5 Å². The molecular formula is C17H24ClN. The lowest BCUT2D eigenvalue weighted by Gasteiger charge is -2.35. The molecule has 1 aliphatic rings.